The first-order valence-corrected chi connectivity index (χ1v) is 9.03. The minimum Gasteiger partial charge on any atom is -0.497 e. The van der Waals surface area contributed by atoms with E-state index in [1.54, 1.807) is 13.2 Å². The molecule has 3 rings (SSSR count). The van der Waals surface area contributed by atoms with Crippen LogP contribution in [0.4, 0.5) is 24.7 Å². The van der Waals surface area contributed by atoms with Gasteiger partial charge in [-0.1, -0.05) is 11.6 Å². The lowest BCUT2D eigenvalue weighted by molar-refractivity contribution is -0.137. The Morgan fingerprint density at radius 2 is 1.77 bits per heavy atom. The van der Waals surface area contributed by atoms with Crippen LogP contribution in [0.2, 0.25) is 5.02 Å². The maximum absolute atomic E-state index is 12.6. The monoisotopic (exact) mass is 449 g/mol. The molecule has 2 heterocycles. The number of aromatic nitrogens is 1. The maximum Gasteiger partial charge on any atom is 0.417 e. The van der Waals surface area contributed by atoms with E-state index in [2.05, 4.69) is 25.8 Å². The fourth-order valence-electron chi connectivity index (χ4n) is 2.82. The number of piperazine rings is 1. The number of hydrogen-bond acceptors (Lipinski definition) is 4. The van der Waals surface area contributed by atoms with Crippen molar-refractivity contribution in [1.29, 1.82) is 0 Å². The predicted molar refractivity (Wildman–Crippen MR) is 99.4 cm³/mol. The molecule has 0 atom stereocenters. The second-order valence-electron chi connectivity index (χ2n) is 5.82. The number of benzene rings is 1. The van der Waals surface area contributed by atoms with Crippen LogP contribution in [0.3, 0.4) is 0 Å². The van der Waals surface area contributed by atoms with E-state index >= 15 is 0 Å². The number of rotatable bonds is 3. The Bertz CT molecular complexity index is 778. The first-order valence-electron chi connectivity index (χ1n) is 7.86. The van der Waals surface area contributed by atoms with Gasteiger partial charge in [0.15, 0.2) is 0 Å². The summed E-state index contributed by atoms with van der Waals surface area (Å²) in [7, 11) is 1.58. The van der Waals surface area contributed by atoms with Crippen molar-refractivity contribution in [2.24, 2.45) is 0 Å². The number of nitrogens with zero attached hydrogens (tertiary/aromatic N) is 3. The summed E-state index contributed by atoms with van der Waals surface area (Å²) in [5.74, 6) is 1.21. The Morgan fingerprint density at radius 1 is 1.12 bits per heavy atom. The smallest absolute Gasteiger partial charge is 0.417 e. The van der Waals surface area contributed by atoms with E-state index in [0.29, 0.717) is 42.8 Å². The summed E-state index contributed by atoms with van der Waals surface area (Å²) < 4.78 is 44.0. The number of anilines is 2. The molecule has 0 aliphatic carbocycles. The van der Waals surface area contributed by atoms with E-state index < -0.39 is 11.7 Å². The van der Waals surface area contributed by atoms with Gasteiger partial charge in [0.1, 0.15) is 11.6 Å². The summed E-state index contributed by atoms with van der Waals surface area (Å²) in [6, 6.07) is 6.11. The highest BCUT2D eigenvalue weighted by Gasteiger charge is 2.31. The first kappa shape index (κ1) is 19.1. The number of alkyl halides is 3. The third-order valence-corrected chi connectivity index (χ3v) is 5.60. The first-order chi connectivity index (χ1) is 12.3. The van der Waals surface area contributed by atoms with Gasteiger partial charge in [-0.15, -0.1) is 0 Å². The molecule has 1 aromatic heterocycles. The summed E-state index contributed by atoms with van der Waals surface area (Å²) >= 11 is 9.73. The molecule has 4 nitrogen and oxygen atoms in total. The normalized spacial score (nSPS) is 15.3. The molecule has 1 aliphatic heterocycles. The molecule has 2 aromatic rings. The Labute approximate surface area is 162 Å². The van der Waals surface area contributed by atoms with Crippen molar-refractivity contribution in [1.82, 2.24) is 4.98 Å². The van der Waals surface area contributed by atoms with Gasteiger partial charge in [-0.05, 0) is 28.1 Å². The molecular weight excluding hydrogens is 435 g/mol. The molecule has 26 heavy (non-hydrogen) atoms. The molecule has 9 heteroatoms. The zero-order valence-corrected chi connectivity index (χ0v) is 16.2. The van der Waals surface area contributed by atoms with Crippen LogP contribution in [0.15, 0.2) is 34.9 Å². The van der Waals surface area contributed by atoms with Crippen LogP contribution in [0.5, 0.6) is 5.75 Å². The SMILES string of the molecule is COc1cc(Cl)c(Br)c(N2CCN(c3ccc(C(F)(F)F)cn3)CC2)c1. The van der Waals surface area contributed by atoms with Crippen LogP contribution >= 0.6 is 27.5 Å². The Balaban J connectivity index is 1.71. The number of methoxy groups -OCH3 is 1. The summed E-state index contributed by atoms with van der Waals surface area (Å²) in [4.78, 5) is 8.08. The van der Waals surface area contributed by atoms with Crippen molar-refractivity contribution in [2.45, 2.75) is 6.18 Å². The number of ether oxygens (including phenoxy) is 1. The average molecular weight is 451 g/mol. The van der Waals surface area contributed by atoms with Crippen LogP contribution in [-0.2, 0) is 6.18 Å². The molecule has 1 aliphatic rings. The standard InChI is InChI=1S/C17H16BrClF3N3O/c1-26-12-8-13(19)16(18)14(9-12)24-4-6-25(7-5-24)15-3-2-11(10-23-15)17(20,21)22/h2-3,8-10H,4-7H2,1H3. The fourth-order valence-corrected chi connectivity index (χ4v) is 3.50. The van der Waals surface area contributed by atoms with E-state index in [4.69, 9.17) is 16.3 Å². The third-order valence-electron chi connectivity index (χ3n) is 4.24. The van der Waals surface area contributed by atoms with Crippen LogP contribution < -0.4 is 14.5 Å². The topological polar surface area (TPSA) is 28.6 Å². The molecule has 0 bridgehead atoms. The molecule has 0 spiro atoms. The van der Waals surface area contributed by atoms with Crippen molar-refractivity contribution in [3.63, 3.8) is 0 Å². The molecule has 1 saturated heterocycles. The maximum atomic E-state index is 12.6. The highest BCUT2D eigenvalue weighted by molar-refractivity contribution is 9.10. The van der Waals surface area contributed by atoms with Crippen LogP contribution in [0.25, 0.3) is 0 Å². The number of halogens is 5. The van der Waals surface area contributed by atoms with Crippen molar-refractivity contribution < 1.29 is 17.9 Å². The average Bonchev–Trinajstić information content (AvgIpc) is 2.63. The third kappa shape index (κ3) is 4.01. The minimum absolute atomic E-state index is 0.542. The van der Waals surface area contributed by atoms with Crippen LogP contribution in [0, 0.1) is 0 Å². The predicted octanol–water partition coefficient (Wildman–Crippen LogP) is 4.85. The Morgan fingerprint density at radius 3 is 2.31 bits per heavy atom. The van der Waals surface area contributed by atoms with Gasteiger partial charge in [-0.3, -0.25) is 0 Å². The highest BCUT2D eigenvalue weighted by atomic mass is 79.9. The van der Waals surface area contributed by atoms with E-state index in [-0.39, 0.29) is 0 Å². The molecule has 0 radical (unpaired) electrons. The molecule has 0 N–H and O–H groups in total. The van der Waals surface area contributed by atoms with E-state index in [0.717, 1.165) is 22.4 Å². The van der Waals surface area contributed by atoms with E-state index in [1.807, 2.05) is 11.0 Å². The zero-order valence-electron chi connectivity index (χ0n) is 13.9. The van der Waals surface area contributed by atoms with Crippen molar-refractivity contribution in [3.8, 4) is 5.75 Å². The van der Waals surface area contributed by atoms with Gasteiger partial charge in [-0.25, -0.2) is 4.98 Å². The van der Waals surface area contributed by atoms with E-state index in [9.17, 15) is 13.2 Å². The molecule has 1 fully saturated rings. The lowest BCUT2D eigenvalue weighted by Crippen LogP contribution is -2.47. The summed E-state index contributed by atoms with van der Waals surface area (Å²) in [6.07, 6.45) is -3.50. The van der Waals surface area contributed by atoms with E-state index in [1.165, 1.54) is 6.07 Å². The summed E-state index contributed by atoms with van der Waals surface area (Å²) in [5.41, 5.74) is 0.184. The molecular formula is C17H16BrClF3N3O. The quantitative estimate of drug-likeness (QED) is 0.668. The van der Waals surface area contributed by atoms with Gasteiger partial charge in [0.2, 0.25) is 0 Å². The Hall–Kier alpha value is -1.67. The zero-order chi connectivity index (χ0) is 18.9. The molecule has 140 valence electrons. The second-order valence-corrected chi connectivity index (χ2v) is 7.02. The van der Waals surface area contributed by atoms with Crippen molar-refractivity contribution >= 4 is 39.0 Å². The summed E-state index contributed by atoms with van der Waals surface area (Å²) in [6.45, 7) is 2.65. The van der Waals surface area contributed by atoms with Crippen molar-refractivity contribution in [3.05, 3.63) is 45.5 Å². The lowest BCUT2D eigenvalue weighted by atomic mass is 10.2. The second kappa shape index (κ2) is 7.52. The fraction of sp³-hybridized carbons (Fsp3) is 0.353. The largest absolute Gasteiger partial charge is 0.497 e. The number of hydrogen-bond donors (Lipinski definition) is 0. The Kier molecular flexibility index (Phi) is 5.53. The minimum atomic E-state index is -4.37. The van der Waals surface area contributed by atoms with Gasteiger partial charge in [0, 0.05) is 44.5 Å². The number of pyridine rings is 1. The molecule has 1 aromatic carbocycles. The van der Waals surface area contributed by atoms with Gasteiger partial charge < -0.3 is 14.5 Å². The molecule has 0 amide bonds. The van der Waals surface area contributed by atoms with Crippen LogP contribution in [-0.4, -0.2) is 38.3 Å². The van der Waals surface area contributed by atoms with Gasteiger partial charge in [-0.2, -0.15) is 13.2 Å². The van der Waals surface area contributed by atoms with Gasteiger partial charge in [0.25, 0.3) is 0 Å². The van der Waals surface area contributed by atoms with Gasteiger partial charge >= 0.3 is 6.18 Å². The van der Waals surface area contributed by atoms with Crippen molar-refractivity contribution in [2.75, 3.05) is 43.1 Å². The van der Waals surface area contributed by atoms with Gasteiger partial charge in [0.05, 0.1) is 27.9 Å². The summed E-state index contributed by atoms with van der Waals surface area (Å²) in [5, 5.41) is 0.561. The molecule has 0 unspecified atom stereocenters. The van der Waals surface area contributed by atoms with Crippen LogP contribution in [0.1, 0.15) is 5.56 Å². The highest BCUT2D eigenvalue weighted by Crippen LogP contribution is 2.37. The molecule has 0 saturated carbocycles. The lowest BCUT2D eigenvalue weighted by Gasteiger charge is -2.37.